The molecular weight excluding hydrogens is 464 g/mol. The van der Waals surface area contributed by atoms with Gasteiger partial charge >= 0.3 is 6.18 Å². The molecule has 2 aromatic heterocycles. The number of carbonyl (C=O) groups is 1. The van der Waals surface area contributed by atoms with Crippen LogP contribution in [0.25, 0.3) is 16.9 Å². The normalized spacial score (nSPS) is 12.7. The predicted octanol–water partition coefficient (Wildman–Crippen LogP) is 6.21. The average Bonchev–Trinajstić information content (AvgIpc) is 3.10. The summed E-state index contributed by atoms with van der Waals surface area (Å²) in [5, 5.41) is 6.70. The summed E-state index contributed by atoms with van der Waals surface area (Å²) in [6.07, 6.45) is -4.76. The van der Waals surface area contributed by atoms with Crippen molar-refractivity contribution < 1.29 is 18.0 Å². The molecular formula is C22H15Cl2F3N4O. The summed E-state index contributed by atoms with van der Waals surface area (Å²) >= 11 is 12.2. The first kappa shape index (κ1) is 22.1. The molecule has 0 aliphatic carbocycles. The zero-order chi connectivity index (χ0) is 23.0. The topological polar surface area (TPSA) is 59.3 Å². The summed E-state index contributed by atoms with van der Waals surface area (Å²) in [5.41, 5.74) is -0.481. The summed E-state index contributed by atoms with van der Waals surface area (Å²) in [6.45, 7) is 1.75. The second kappa shape index (κ2) is 8.44. The van der Waals surface area contributed by atoms with Gasteiger partial charge in [0.05, 0.1) is 11.7 Å². The van der Waals surface area contributed by atoms with Crippen LogP contribution in [0.1, 0.15) is 34.7 Å². The summed E-state index contributed by atoms with van der Waals surface area (Å²) in [5.74, 6) is -0.710. The first-order chi connectivity index (χ1) is 15.1. The lowest BCUT2D eigenvalue weighted by atomic mass is 10.1. The quantitative estimate of drug-likeness (QED) is 0.379. The molecule has 0 bridgehead atoms. The number of alkyl halides is 3. The van der Waals surface area contributed by atoms with E-state index in [0.717, 1.165) is 11.6 Å². The van der Waals surface area contributed by atoms with Crippen LogP contribution in [-0.4, -0.2) is 20.5 Å². The number of carbonyl (C=O) groups excluding carboxylic acids is 1. The molecule has 0 aliphatic heterocycles. The number of nitrogens with one attached hydrogen (secondary N) is 1. The zero-order valence-corrected chi connectivity index (χ0v) is 18.0. The van der Waals surface area contributed by atoms with E-state index in [9.17, 15) is 18.0 Å². The maximum atomic E-state index is 13.8. The van der Waals surface area contributed by atoms with Crippen molar-refractivity contribution in [2.75, 3.05) is 0 Å². The number of hydrogen-bond donors (Lipinski definition) is 1. The van der Waals surface area contributed by atoms with Gasteiger partial charge in [0.25, 0.3) is 5.91 Å². The van der Waals surface area contributed by atoms with Crippen molar-refractivity contribution >= 4 is 34.8 Å². The van der Waals surface area contributed by atoms with Crippen LogP contribution in [0.4, 0.5) is 13.2 Å². The first-order valence-electron chi connectivity index (χ1n) is 9.43. The fourth-order valence-corrected chi connectivity index (χ4v) is 3.57. The van der Waals surface area contributed by atoms with Gasteiger partial charge in [0, 0.05) is 10.6 Å². The van der Waals surface area contributed by atoms with Crippen LogP contribution < -0.4 is 5.32 Å². The van der Waals surface area contributed by atoms with Gasteiger partial charge in [-0.15, -0.1) is 0 Å². The highest BCUT2D eigenvalue weighted by molar-refractivity contribution is 6.36. The van der Waals surface area contributed by atoms with Crippen LogP contribution in [0.2, 0.25) is 10.0 Å². The van der Waals surface area contributed by atoms with Crippen LogP contribution in [-0.2, 0) is 6.18 Å². The third-order valence-corrected chi connectivity index (χ3v) is 5.43. The van der Waals surface area contributed by atoms with Crippen LogP contribution in [0.15, 0.2) is 60.7 Å². The Bertz CT molecular complexity index is 1290. The molecule has 0 saturated carbocycles. The Morgan fingerprint density at radius 2 is 1.72 bits per heavy atom. The molecule has 5 nitrogen and oxygen atoms in total. The maximum absolute atomic E-state index is 13.8. The zero-order valence-electron chi connectivity index (χ0n) is 16.5. The Hall–Kier alpha value is -3.10. The smallest absolute Gasteiger partial charge is 0.344 e. The minimum absolute atomic E-state index is 0.0212. The van der Waals surface area contributed by atoms with Crippen LogP contribution in [0.5, 0.6) is 0 Å². The molecule has 1 atom stereocenters. The molecule has 1 unspecified atom stereocenters. The summed E-state index contributed by atoms with van der Waals surface area (Å²) in [6, 6.07) is 15.7. The van der Waals surface area contributed by atoms with Gasteiger partial charge in [0.2, 0.25) is 0 Å². The van der Waals surface area contributed by atoms with Crippen LogP contribution in [0, 0.1) is 0 Å². The predicted molar refractivity (Wildman–Crippen MR) is 116 cm³/mol. The van der Waals surface area contributed by atoms with Crippen molar-refractivity contribution in [1.29, 1.82) is 0 Å². The van der Waals surface area contributed by atoms with Gasteiger partial charge in [-0.25, -0.2) is 9.50 Å². The van der Waals surface area contributed by atoms with Crippen molar-refractivity contribution in [3.05, 3.63) is 87.7 Å². The van der Waals surface area contributed by atoms with Gasteiger partial charge in [-0.1, -0.05) is 65.7 Å². The molecule has 10 heteroatoms. The second-order valence-electron chi connectivity index (χ2n) is 7.04. The Morgan fingerprint density at radius 3 is 2.34 bits per heavy atom. The third-order valence-electron chi connectivity index (χ3n) is 4.83. The molecule has 4 rings (SSSR count). The number of amides is 1. The van der Waals surface area contributed by atoms with E-state index in [1.165, 1.54) is 12.1 Å². The van der Waals surface area contributed by atoms with E-state index in [-0.39, 0.29) is 22.1 Å². The highest BCUT2D eigenvalue weighted by atomic mass is 35.5. The van der Waals surface area contributed by atoms with Gasteiger partial charge in [-0.2, -0.15) is 18.3 Å². The number of halogens is 5. The van der Waals surface area contributed by atoms with Gasteiger partial charge in [0.1, 0.15) is 5.02 Å². The highest BCUT2D eigenvalue weighted by Gasteiger charge is 2.36. The maximum Gasteiger partial charge on any atom is 0.433 e. The summed E-state index contributed by atoms with van der Waals surface area (Å²) in [4.78, 5) is 17.0. The van der Waals surface area contributed by atoms with Crippen molar-refractivity contribution in [3.8, 4) is 11.3 Å². The van der Waals surface area contributed by atoms with Gasteiger partial charge < -0.3 is 5.32 Å². The number of benzene rings is 2. The minimum atomic E-state index is -4.76. The second-order valence-corrected chi connectivity index (χ2v) is 7.85. The van der Waals surface area contributed by atoms with E-state index < -0.39 is 23.8 Å². The van der Waals surface area contributed by atoms with E-state index in [1.54, 1.807) is 19.1 Å². The van der Waals surface area contributed by atoms with Crippen molar-refractivity contribution in [2.24, 2.45) is 0 Å². The highest BCUT2D eigenvalue weighted by Crippen LogP contribution is 2.35. The average molecular weight is 479 g/mol. The lowest BCUT2D eigenvalue weighted by Crippen LogP contribution is -2.27. The summed E-state index contributed by atoms with van der Waals surface area (Å²) < 4.78 is 41.9. The molecule has 0 spiro atoms. The van der Waals surface area contributed by atoms with E-state index in [2.05, 4.69) is 15.4 Å². The number of hydrogen-bond acceptors (Lipinski definition) is 3. The van der Waals surface area contributed by atoms with Crippen molar-refractivity contribution in [3.63, 3.8) is 0 Å². The molecule has 0 aliphatic rings. The number of rotatable bonds is 4. The largest absolute Gasteiger partial charge is 0.433 e. The SMILES string of the molecule is CC(NC(=O)c1nn2c(C(F)(F)F)cc(-c3ccc(Cl)cc3)nc2c1Cl)c1ccccc1. The molecule has 1 N–H and O–H groups in total. The van der Waals surface area contributed by atoms with E-state index in [0.29, 0.717) is 15.1 Å². The van der Waals surface area contributed by atoms with Gasteiger partial charge in [-0.3, -0.25) is 4.79 Å². The number of aromatic nitrogens is 3. The van der Waals surface area contributed by atoms with E-state index in [1.807, 2.05) is 30.3 Å². The van der Waals surface area contributed by atoms with Crippen molar-refractivity contribution in [1.82, 2.24) is 19.9 Å². The minimum Gasteiger partial charge on any atom is -0.344 e. The Morgan fingerprint density at radius 1 is 1.06 bits per heavy atom. The molecule has 32 heavy (non-hydrogen) atoms. The standard InChI is InChI=1S/C22H15Cl2F3N4O/c1-12(13-5-3-2-4-6-13)28-21(32)19-18(24)20-29-16(14-7-9-15(23)10-8-14)11-17(22(25,26)27)31(20)30-19/h2-12H,1H3,(H,28,32). The molecule has 0 saturated heterocycles. The Labute approximate surface area is 190 Å². The molecule has 4 aromatic rings. The molecule has 2 heterocycles. The van der Waals surface area contributed by atoms with Crippen LogP contribution in [0.3, 0.4) is 0 Å². The Kier molecular flexibility index (Phi) is 5.83. The van der Waals surface area contributed by atoms with E-state index in [4.69, 9.17) is 23.2 Å². The van der Waals surface area contributed by atoms with Crippen LogP contribution >= 0.6 is 23.2 Å². The number of nitrogens with zero attached hydrogens (tertiary/aromatic N) is 3. The lowest BCUT2D eigenvalue weighted by molar-refractivity contribution is -0.142. The molecule has 0 fully saturated rings. The first-order valence-corrected chi connectivity index (χ1v) is 10.2. The Balaban J connectivity index is 1.79. The fourth-order valence-electron chi connectivity index (χ4n) is 3.20. The molecule has 164 valence electrons. The van der Waals surface area contributed by atoms with Gasteiger partial charge in [-0.05, 0) is 30.7 Å². The molecule has 1 amide bonds. The lowest BCUT2D eigenvalue weighted by Gasteiger charge is -2.13. The molecule has 0 radical (unpaired) electrons. The monoisotopic (exact) mass is 478 g/mol. The van der Waals surface area contributed by atoms with Gasteiger partial charge in [0.15, 0.2) is 17.0 Å². The fraction of sp³-hybridized carbons (Fsp3) is 0.136. The van der Waals surface area contributed by atoms with E-state index >= 15 is 0 Å². The summed E-state index contributed by atoms with van der Waals surface area (Å²) in [7, 11) is 0. The molecule has 2 aromatic carbocycles. The third kappa shape index (κ3) is 4.28. The van der Waals surface area contributed by atoms with Crippen molar-refractivity contribution in [2.45, 2.75) is 19.1 Å². The number of fused-ring (bicyclic) bond motifs is 1.